The van der Waals surface area contributed by atoms with Crippen molar-refractivity contribution in [3.8, 4) is 0 Å². The predicted molar refractivity (Wildman–Crippen MR) is 111 cm³/mol. The van der Waals surface area contributed by atoms with Gasteiger partial charge in [-0.2, -0.15) is 4.98 Å². The number of fused-ring (bicyclic) bond motifs is 2. The molecule has 3 N–H and O–H groups in total. The number of aromatic nitrogens is 2. The van der Waals surface area contributed by atoms with E-state index in [1.807, 2.05) is 0 Å². The van der Waals surface area contributed by atoms with Crippen LogP contribution in [0.25, 0.3) is 0 Å². The monoisotopic (exact) mass is 399 g/mol. The van der Waals surface area contributed by atoms with Crippen molar-refractivity contribution in [2.24, 2.45) is 0 Å². The summed E-state index contributed by atoms with van der Waals surface area (Å²) in [6, 6.07) is 6.50. The minimum Gasteiger partial charge on any atom is -0.385 e. The third-order valence-electron chi connectivity index (χ3n) is 6.83. The number of benzene rings is 1. The van der Waals surface area contributed by atoms with Crippen molar-refractivity contribution in [1.29, 1.82) is 0 Å². The molecule has 1 aromatic heterocycles. The Balaban J connectivity index is 1.66. The van der Waals surface area contributed by atoms with E-state index in [1.54, 1.807) is 6.20 Å². The van der Waals surface area contributed by atoms with Crippen LogP contribution in [0.4, 0.5) is 17.5 Å². The van der Waals surface area contributed by atoms with Crippen molar-refractivity contribution in [3.05, 3.63) is 40.5 Å². The number of rotatable bonds is 2. The van der Waals surface area contributed by atoms with E-state index in [2.05, 4.69) is 45.0 Å². The molecule has 28 heavy (non-hydrogen) atoms. The van der Waals surface area contributed by atoms with Crippen molar-refractivity contribution in [2.75, 3.05) is 37.3 Å². The second kappa shape index (κ2) is 6.31. The van der Waals surface area contributed by atoms with Crippen LogP contribution in [0.3, 0.4) is 0 Å². The number of hydrogen-bond acceptors (Lipinski definition) is 6. The van der Waals surface area contributed by atoms with Gasteiger partial charge in [0.15, 0.2) is 5.82 Å². The van der Waals surface area contributed by atoms with Gasteiger partial charge in [0, 0.05) is 24.2 Å². The van der Waals surface area contributed by atoms with Crippen LogP contribution in [0.15, 0.2) is 24.4 Å². The van der Waals surface area contributed by atoms with Crippen molar-refractivity contribution in [3.63, 3.8) is 0 Å². The zero-order valence-corrected chi connectivity index (χ0v) is 16.9. The average molecular weight is 400 g/mol. The van der Waals surface area contributed by atoms with Crippen LogP contribution in [-0.4, -0.2) is 46.7 Å². The molecule has 7 heteroatoms. The molecule has 0 amide bonds. The fourth-order valence-electron chi connectivity index (χ4n) is 5.39. The first-order valence-electron chi connectivity index (χ1n) is 10.0. The molecular weight excluding hydrogens is 374 g/mol. The number of anilines is 3. The maximum absolute atomic E-state index is 11.1. The number of likely N-dealkylation sites (tertiary alicyclic amines) is 1. The first kappa shape index (κ1) is 18.2. The molecule has 1 aromatic carbocycles. The molecule has 2 fully saturated rings. The number of nitrogens with two attached hydrogens (primary N) is 1. The van der Waals surface area contributed by atoms with Gasteiger partial charge in [-0.15, -0.1) is 0 Å². The molecule has 5 rings (SSSR count). The van der Waals surface area contributed by atoms with Crippen molar-refractivity contribution in [1.82, 2.24) is 14.9 Å². The predicted octanol–water partition coefficient (Wildman–Crippen LogP) is 3.20. The Morgan fingerprint density at radius 2 is 1.96 bits per heavy atom. The van der Waals surface area contributed by atoms with Gasteiger partial charge in [-0.3, -0.25) is 0 Å². The van der Waals surface area contributed by atoms with Crippen LogP contribution in [0.2, 0.25) is 5.02 Å². The number of likely N-dealkylation sites (N-methyl/N-ethyl adjacent to an activating group) is 1. The second-order valence-corrected chi connectivity index (χ2v) is 9.13. The Labute approximate surface area is 170 Å². The summed E-state index contributed by atoms with van der Waals surface area (Å²) in [6.45, 7) is 2.88. The lowest BCUT2D eigenvalue weighted by molar-refractivity contribution is 0.0445. The summed E-state index contributed by atoms with van der Waals surface area (Å²) >= 11 is 6.48. The lowest BCUT2D eigenvalue weighted by atomic mass is 9.80. The van der Waals surface area contributed by atoms with Gasteiger partial charge in [0.05, 0.1) is 11.8 Å². The van der Waals surface area contributed by atoms with Crippen molar-refractivity contribution >= 4 is 29.1 Å². The lowest BCUT2D eigenvalue weighted by Gasteiger charge is -2.25. The van der Waals surface area contributed by atoms with E-state index in [-0.39, 0.29) is 11.4 Å². The van der Waals surface area contributed by atoms with Gasteiger partial charge in [-0.05, 0) is 50.0 Å². The van der Waals surface area contributed by atoms with Gasteiger partial charge in [0.1, 0.15) is 5.02 Å². The maximum atomic E-state index is 11.1. The van der Waals surface area contributed by atoms with Gasteiger partial charge in [-0.25, -0.2) is 4.98 Å². The quantitative estimate of drug-likeness (QED) is 0.807. The molecule has 148 valence electrons. The number of aliphatic hydroxyl groups is 1. The first-order chi connectivity index (χ1) is 13.4. The summed E-state index contributed by atoms with van der Waals surface area (Å²) in [5.74, 6) is 0.869. The van der Waals surface area contributed by atoms with E-state index in [9.17, 15) is 5.11 Å². The molecule has 2 aliphatic heterocycles. The molecule has 2 aromatic rings. The summed E-state index contributed by atoms with van der Waals surface area (Å²) in [7, 11) is 2.17. The summed E-state index contributed by atoms with van der Waals surface area (Å²) < 4.78 is 0. The molecule has 6 nitrogen and oxygen atoms in total. The van der Waals surface area contributed by atoms with E-state index >= 15 is 0 Å². The fraction of sp³-hybridized carbons (Fsp3) is 0.524. The van der Waals surface area contributed by atoms with Gasteiger partial charge < -0.3 is 20.6 Å². The van der Waals surface area contributed by atoms with Crippen LogP contribution in [-0.2, 0) is 11.0 Å². The molecular formula is C21H26ClN5O. The van der Waals surface area contributed by atoms with E-state index in [1.165, 1.54) is 5.56 Å². The lowest BCUT2D eigenvalue weighted by Crippen LogP contribution is -2.34. The Morgan fingerprint density at radius 1 is 1.18 bits per heavy atom. The Morgan fingerprint density at radius 3 is 2.68 bits per heavy atom. The van der Waals surface area contributed by atoms with E-state index in [4.69, 9.17) is 17.3 Å². The molecule has 1 spiro atoms. The number of hydrogen-bond donors (Lipinski definition) is 2. The zero-order chi connectivity index (χ0) is 19.5. The summed E-state index contributed by atoms with van der Waals surface area (Å²) in [4.78, 5) is 13.0. The van der Waals surface area contributed by atoms with Crippen LogP contribution < -0.4 is 10.6 Å². The topological polar surface area (TPSA) is 78.5 Å². The summed E-state index contributed by atoms with van der Waals surface area (Å²) in [5, 5.41) is 11.6. The highest BCUT2D eigenvalue weighted by molar-refractivity contribution is 6.33. The number of halogens is 1. The number of nitrogen functional groups attached to an aromatic ring is 1. The van der Waals surface area contributed by atoms with E-state index < -0.39 is 5.60 Å². The second-order valence-electron chi connectivity index (χ2n) is 8.72. The summed E-state index contributed by atoms with van der Waals surface area (Å²) in [6.07, 6.45) is 6.44. The molecule has 0 bridgehead atoms. The van der Waals surface area contributed by atoms with Gasteiger partial charge >= 0.3 is 0 Å². The molecule has 1 atom stereocenters. The smallest absolute Gasteiger partial charge is 0.222 e. The van der Waals surface area contributed by atoms with Crippen LogP contribution in [0.5, 0.6) is 0 Å². The zero-order valence-electron chi connectivity index (χ0n) is 16.2. The van der Waals surface area contributed by atoms with Crippen LogP contribution >= 0.6 is 11.6 Å². The molecule has 1 saturated heterocycles. The molecule has 1 unspecified atom stereocenters. The van der Waals surface area contributed by atoms with E-state index in [0.29, 0.717) is 10.8 Å². The van der Waals surface area contributed by atoms with Gasteiger partial charge in [-0.1, -0.05) is 36.6 Å². The third-order valence-corrected chi connectivity index (χ3v) is 7.10. The highest BCUT2D eigenvalue weighted by Crippen LogP contribution is 2.51. The highest BCUT2D eigenvalue weighted by atomic mass is 35.5. The van der Waals surface area contributed by atoms with Crippen LogP contribution in [0, 0.1) is 0 Å². The first-order valence-corrected chi connectivity index (χ1v) is 10.4. The minimum absolute atomic E-state index is 0.0456. The third kappa shape index (κ3) is 2.70. The van der Waals surface area contributed by atoms with Gasteiger partial charge in [0.2, 0.25) is 5.95 Å². The van der Waals surface area contributed by atoms with Crippen molar-refractivity contribution in [2.45, 2.75) is 43.1 Å². The van der Waals surface area contributed by atoms with Crippen LogP contribution in [0.1, 0.15) is 43.2 Å². The SMILES string of the molecule is CN1CCC2(C1)CN(c1nc(N)ncc1Cl)c1cc(C3(O)CCCC3)ccc12. The minimum atomic E-state index is -0.725. The van der Waals surface area contributed by atoms with Gasteiger partial charge in [0.25, 0.3) is 0 Å². The highest BCUT2D eigenvalue weighted by Gasteiger charge is 2.48. The largest absolute Gasteiger partial charge is 0.385 e. The summed E-state index contributed by atoms with van der Waals surface area (Å²) in [5.41, 5.74) is 8.60. The maximum Gasteiger partial charge on any atom is 0.222 e. The Bertz CT molecular complexity index is 929. The molecule has 1 saturated carbocycles. The molecule has 3 aliphatic rings. The Hall–Kier alpha value is -1.89. The average Bonchev–Trinajstić information content (AvgIpc) is 3.36. The molecule has 0 radical (unpaired) electrons. The fourth-order valence-corrected chi connectivity index (χ4v) is 5.59. The Kier molecular flexibility index (Phi) is 4.09. The standard InChI is InChI=1S/C21H26ClN5O/c1-26-9-8-20(12-26)13-27(18-16(22)11-24-19(23)25-18)17-10-14(4-5-15(17)20)21(28)6-2-3-7-21/h4-5,10-11,28H,2-3,6-9,12-13H2,1H3,(H2,23,24,25). The molecule has 3 heterocycles. The van der Waals surface area contributed by atoms with E-state index in [0.717, 1.165) is 63.0 Å². The number of nitrogens with zero attached hydrogens (tertiary/aromatic N) is 4. The normalized spacial score (nSPS) is 26.3. The molecule has 1 aliphatic carbocycles. The van der Waals surface area contributed by atoms with Crippen molar-refractivity contribution < 1.29 is 5.11 Å².